The van der Waals surface area contributed by atoms with E-state index in [9.17, 15) is 8.78 Å². The standard InChI is InChI=1S/C14H10F2N2S/c1-8-5-6-12-11(7-8)18-14(19-12)17-10-4-2-3-9(15)13(10)16/h2-7H,1H3,(H,17,18). The summed E-state index contributed by atoms with van der Waals surface area (Å²) in [5.74, 6) is -1.76. The number of nitrogens with one attached hydrogen (secondary N) is 1. The summed E-state index contributed by atoms with van der Waals surface area (Å²) in [4.78, 5) is 4.36. The quantitative estimate of drug-likeness (QED) is 0.738. The van der Waals surface area contributed by atoms with Crippen LogP contribution in [-0.2, 0) is 0 Å². The first kappa shape index (κ1) is 12.0. The third-order valence-corrected chi connectivity index (χ3v) is 3.69. The van der Waals surface area contributed by atoms with Crippen LogP contribution >= 0.6 is 11.3 Å². The van der Waals surface area contributed by atoms with Crippen molar-refractivity contribution < 1.29 is 8.78 Å². The summed E-state index contributed by atoms with van der Waals surface area (Å²) in [5.41, 5.74) is 2.06. The second kappa shape index (κ2) is 4.59. The van der Waals surface area contributed by atoms with Crippen LogP contribution in [0.25, 0.3) is 10.2 Å². The average molecular weight is 276 g/mol. The lowest BCUT2D eigenvalue weighted by Gasteiger charge is -2.03. The van der Waals surface area contributed by atoms with E-state index in [4.69, 9.17) is 0 Å². The van der Waals surface area contributed by atoms with Crippen LogP contribution in [0.1, 0.15) is 5.56 Å². The molecule has 0 atom stereocenters. The molecule has 3 aromatic rings. The van der Waals surface area contributed by atoms with E-state index in [-0.39, 0.29) is 5.69 Å². The lowest BCUT2D eigenvalue weighted by atomic mass is 10.2. The molecule has 0 saturated heterocycles. The molecule has 1 N–H and O–H groups in total. The molecule has 1 heterocycles. The maximum atomic E-state index is 13.5. The molecule has 96 valence electrons. The molecular formula is C14H10F2N2S. The molecule has 0 fully saturated rings. The molecule has 0 aliphatic heterocycles. The Kier molecular flexibility index (Phi) is 2.91. The summed E-state index contributed by atoms with van der Waals surface area (Å²) >= 11 is 1.40. The van der Waals surface area contributed by atoms with Gasteiger partial charge >= 0.3 is 0 Å². The normalized spacial score (nSPS) is 10.9. The van der Waals surface area contributed by atoms with Gasteiger partial charge in [-0.05, 0) is 36.8 Å². The van der Waals surface area contributed by atoms with Crippen molar-refractivity contribution in [3.05, 3.63) is 53.6 Å². The third kappa shape index (κ3) is 2.29. The first-order valence-electron chi connectivity index (χ1n) is 5.72. The predicted octanol–water partition coefficient (Wildman–Crippen LogP) is 4.63. The molecule has 2 aromatic carbocycles. The van der Waals surface area contributed by atoms with E-state index in [2.05, 4.69) is 10.3 Å². The van der Waals surface area contributed by atoms with Gasteiger partial charge in [-0.15, -0.1) is 0 Å². The van der Waals surface area contributed by atoms with E-state index in [0.29, 0.717) is 5.13 Å². The van der Waals surface area contributed by atoms with Gasteiger partial charge in [-0.3, -0.25) is 0 Å². The van der Waals surface area contributed by atoms with Gasteiger partial charge in [-0.2, -0.15) is 0 Å². The highest BCUT2D eigenvalue weighted by molar-refractivity contribution is 7.22. The molecular weight excluding hydrogens is 266 g/mol. The number of thiazole rings is 1. The first-order valence-corrected chi connectivity index (χ1v) is 6.53. The zero-order valence-electron chi connectivity index (χ0n) is 10.1. The molecule has 19 heavy (non-hydrogen) atoms. The van der Waals surface area contributed by atoms with Crippen LogP contribution in [0.5, 0.6) is 0 Å². The van der Waals surface area contributed by atoms with Crippen molar-refractivity contribution in [2.75, 3.05) is 5.32 Å². The topological polar surface area (TPSA) is 24.9 Å². The smallest absolute Gasteiger partial charge is 0.188 e. The van der Waals surface area contributed by atoms with Crippen molar-refractivity contribution in [3.8, 4) is 0 Å². The Hall–Kier alpha value is -2.01. The van der Waals surface area contributed by atoms with Crippen molar-refractivity contribution >= 4 is 32.4 Å². The zero-order chi connectivity index (χ0) is 13.4. The maximum absolute atomic E-state index is 13.5. The lowest BCUT2D eigenvalue weighted by Crippen LogP contribution is -1.95. The predicted molar refractivity (Wildman–Crippen MR) is 74.0 cm³/mol. The summed E-state index contributed by atoms with van der Waals surface area (Å²) < 4.78 is 27.7. The molecule has 0 saturated carbocycles. The number of aryl methyl sites for hydroxylation is 1. The third-order valence-electron chi connectivity index (χ3n) is 2.74. The number of hydrogen-bond acceptors (Lipinski definition) is 3. The highest BCUT2D eigenvalue weighted by atomic mass is 32.1. The van der Waals surface area contributed by atoms with E-state index >= 15 is 0 Å². The molecule has 1 aromatic heterocycles. The van der Waals surface area contributed by atoms with E-state index in [1.54, 1.807) is 0 Å². The van der Waals surface area contributed by atoms with Gasteiger partial charge < -0.3 is 5.32 Å². The van der Waals surface area contributed by atoms with Gasteiger partial charge in [-0.1, -0.05) is 23.5 Å². The molecule has 0 spiro atoms. The van der Waals surface area contributed by atoms with Crippen LogP contribution in [-0.4, -0.2) is 4.98 Å². The Balaban J connectivity index is 1.99. The molecule has 2 nitrogen and oxygen atoms in total. The lowest BCUT2D eigenvalue weighted by molar-refractivity contribution is 0.512. The fourth-order valence-electron chi connectivity index (χ4n) is 1.81. The van der Waals surface area contributed by atoms with Crippen LogP contribution in [0.3, 0.4) is 0 Å². The average Bonchev–Trinajstić information content (AvgIpc) is 2.76. The summed E-state index contributed by atoms with van der Waals surface area (Å²) in [6.07, 6.45) is 0. The molecule has 0 aliphatic rings. The Bertz CT molecular complexity index is 752. The number of aromatic nitrogens is 1. The first-order chi connectivity index (χ1) is 9.13. The summed E-state index contributed by atoms with van der Waals surface area (Å²) in [6, 6.07) is 9.94. The highest BCUT2D eigenvalue weighted by Crippen LogP contribution is 2.30. The monoisotopic (exact) mass is 276 g/mol. The van der Waals surface area contributed by atoms with E-state index in [1.807, 2.05) is 25.1 Å². The Morgan fingerprint density at radius 3 is 2.84 bits per heavy atom. The van der Waals surface area contributed by atoms with Crippen molar-refractivity contribution in [2.45, 2.75) is 6.92 Å². The van der Waals surface area contributed by atoms with Crippen molar-refractivity contribution in [1.82, 2.24) is 4.98 Å². The van der Waals surface area contributed by atoms with E-state index < -0.39 is 11.6 Å². The molecule has 0 unspecified atom stereocenters. The summed E-state index contributed by atoms with van der Waals surface area (Å²) in [7, 11) is 0. The number of fused-ring (bicyclic) bond motifs is 1. The van der Waals surface area contributed by atoms with Crippen LogP contribution in [0.15, 0.2) is 36.4 Å². The minimum atomic E-state index is -0.891. The SMILES string of the molecule is Cc1ccc2sc(Nc3cccc(F)c3F)nc2c1. The molecule has 0 aliphatic carbocycles. The Morgan fingerprint density at radius 1 is 1.16 bits per heavy atom. The van der Waals surface area contributed by atoms with Gasteiger partial charge in [0.25, 0.3) is 0 Å². The second-order valence-electron chi connectivity index (χ2n) is 4.22. The van der Waals surface area contributed by atoms with Crippen molar-refractivity contribution in [1.29, 1.82) is 0 Å². The van der Waals surface area contributed by atoms with Crippen LogP contribution in [0.4, 0.5) is 19.6 Å². The Morgan fingerprint density at radius 2 is 2.00 bits per heavy atom. The minimum Gasteiger partial charge on any atom is -0.329 e. The molecule has 0 amide bonds. The number of hydrogen-bond donors (Lipinski definition) is 1. The largest absolute Gasteiger partial charge is 0.329 e. The van der Waals surface area contributed by atoms with Gasteiger partial charge in [0.2, 0.25) is 0 Å². The van der Waals surface area contributed by atoms with E-state index in [0.717, 1.165) is 21.8 Å². The number of rotatable bonds is 2. The molecule has 5 heteroatoms. The number of halogens is 2. The summed E-state index contributed by atoms with van der Waals surface area (Å²) in [5, 5.41) is 3.36. The molecule has 0 bridgehead atoms. The van der Waals surface area contributed by atoms with Crippen LogP contribution in [0, 0.1) is 18.6 Å². The number of anilines is 2. The minimum absolute atomic E-state index is 0.0933. The van der Waals surface area contributed by atoms with Gasteiger partial charge in [-0.25, -0.2) is 13.8 Å². The molecule has 0 radical (unpaired) electrons. The van der Waals surface area contributed by atoms with Crippen molar-refractivity contribution in [2.24, 2.45) is 0 Å². The van der Waals surface area contributed by atoms with E-state index in [1.165, 1.54) is 23.5 Å². The molecule has 3 rings (SSSR count). The maximum Gasteiger partial charge on any atom is 0.188 e. The van der Waals surface area contributed by atoms with Gasteiger partial charge in [0.1, 0.15) is 0 Å². The Labute approximate surface area is 112 Å². The fourth-order valence-corrected chi connectivity index (χ4v) is 2.66. The van der Waals surface area contributed by atoms with Crippen molar-refractivity contribution in [3.63, 3.8) is 0 Å². The highest BCUT2D eigenvalue weighted by Gasteiger charge is 2.10. The van der Waals surface area contributed by atoms with Gasteiger partial charge in [0, 0.05) is 0 Å². The van der Waals surface area contributed by atoms with Crippen LogP contribution < -0.4 is 5.32 Å². The number of nitrogens with zero attached hydrogens (tertiary/aromatic N) is 1. The zero-order valence-corrected chi connectivity index (χ0v) is 10.9. The fraction of sp³-hybridized carbons (Fsp3) is 0.0714. The second-order valence-corrected chi connectivity index (χ2v) is 5.25. The summed E-state index contributed by atoms with van der Waals surface area (Å²) in [6.45, 7) is 1.98. The van der Waals surface area contributed by atoms with Crippen LogP contribution in [0.2, 0.25) is 0 Å². The van der Waals surface area contributed by atoms with Gasteiger partial charge in [0.05, 0.1) is 15.9 Å². The van der Waals surface area contributed by atoms with Gasteiger partial charge in [0.15, 0.2) is 16.8 Å². The number of benzene rings is 2.